The molecule has 8 heteroatoms. The van der Waals surface area contributed by atoms with Crippen LogP contribution in [0.2, 0.25) is 0 Å². The van der Waals surface area contributed by atoms with Gasteiger partial charge in [-0.25, -0.2) is 0 Å². The van der Waals surface area contributed by atoms with Gasteiger partial charge in [0.1, 0.15) is 18.1 Å². The van der Waals surface area contributed by atoms with Crippen LogP contribution in [0.5, 0.6) is 17.2 Å². The summed E-state index contributed by atoms with van der Waals surface area (Å²) in [5.74, 6) is -0.991. The minimum atomic E-state index is -0.846. The molecule has 0 radical (unpaired) electrons. The van der Waals surface area contributed by atoms with Gasteiger partial charge in [0.05, 0.1) is 18.7 Å². The fourth-order valence-corrected chi connectivity index (χ4v) is 4.43. The monoisotopic (exact) mass is 516 g/mol. The molecule has 0 aromatic heterocycles. The first-order valence-electron chi connectivity index (χ1n) is 12.3. The Bertz CT molecular complexity index is 1360. The van der Waals surface area contributed by atoms with Gasteiger partial charge in [-0.3, -0.25) is 9.59 Å². The first-order chi connectivity index (χ1) is 18.2. The number of nitrogens with zero attached hydrogens (tertiary/aromatic N) is 2. The molecule has 1 atom stereocenters. The van der Waals surface area contributed by atoms with E-state index in [-0.39, 0.29) is 29.4 Å². The van der Waals surface area contributed by atoms with E-state index in [0.29, 0.717) is 30.0 Å². The summed E-state index contributed by atoms with van der Waals surface area (Å²) < 4.78 is 11.1. The van der Waals surface area contributed by atoms with Gasteiger partial charge >= 0.3 is 0 Å². The van der Waals surface area contributed by atoms with Gasteiger partial charge in [0.15, 0.2) is 11.5 Å². The number of hydrogen-bond acceptors (Lipinski definition) is 7. The lowest BCUT2D eigenvalue weighted by Crippen LogP contribution is -2.35. The number of aromatic hydroxyl groups is 1. The van der Waals surface area contributed by atoms with Crippen molar-refractivity contribution in [2.75, 3.05) is 34.3 Å². The highest BCUT2D eigenvalue weighted by Gasteiger charge is 2.46. The van der Waals surface area contributed by atoms with E-state index in [1.54, 1.807) is 36.4 Å². The first kappa shape index (κ1) is 26.8. The Kier molecular flexibility index (Phi) is 8.02. The van der Waals surface area contributed by atoms with E-state index in [0.717, 1.165) is 11.1 Å². The minimum absolute atomic E-state index is 0.0184. The highest BCUT2D eigenvalue weighted by atomic mass is 16.5. The number of likely N-dealkylation sites (N-methyl/N-ethyl adjacent to an activating group) is 1. The van der Waals surface area contributed by atoms with Crippen molar-refractivity contribution in [2.45, 2.75) is 19.6 Å². The minimum Gasteiger partial charge on any atom is -0.507 e. The van der Waals surface area contributed by atoms with Crippen LogP contribution in [-0.4, -0.2) is 66.0 Å². The summed E-state index contributed by atoms with van der Waals surface area (Å²) in [5, 5.41) is 21.4. The molecular weight excluding hydrogens is 484 g/mol. The Morgan fingerprint density at radius 3 is 2.39 bits per heavy atom. The zero-order valence-corrected chi connectivity index (χ0v) is 22.0. The number of aryl methyl sites for hydroxylation is 1. The number of aliphatic hydroxyl groups excluding tert-OH is 1. The standard InChI is InChI=1S/C30H32N2O6/c1-19-7-5-6-8-22(19)18-38-23-12-9-20(10-13-23)28(34)26-27(21-11-14-24(33)25(17-21)37-4)32(16-15-31(2)3)30(36)29(26)35/h5-14,17,27,33-34H,15-16,18H2,1-4H3/t27-/m0/s1. The number of ketones is 1. The number of ether oxygens (including phenoxy) is 2. The van der Waals surface area contributed by atoms with Gasteiger partial charge in [0.25, 0.3) is 11.7 Å². The third-order valence-corrected chi connectivity index (χ3v) is 6.63. The molecule has 3 aromatic rings. The number of carbonyl (C=O) groups is 2. The molecule has 3 aromatic carbocycles. The average molecular weight is 517 g/mol. The molecule has 0 bridgehead atoms. The van der Waals surface area contributed by atoms with Gasteiger partial charge < -0.3 is 29.5 Å². The number of benzene rings is 3. The Balaban J connectivity index is 1.68. The molecule has 0 unspecified atom stereocenters. The predicted octanol–water partition coefficient (Wildman–Crippen LogP) is 4.27. The van der Waals surface area contributed by atoms with Gasteiger partial charge in [-0.1, -0.05) is 30.3 Å². The molecule has 2 N–H and O–H groups in total. The highest BCUT2D eigenvalue weighted by molar-refractivity contribution is 6.46. The second kappa shape index (κ2) is 11.4. The van der Waals surface area contributed by atoms with Crippen molar-refractivity contribution in [3.05, 3.63) is 94.6 Å². The summed E-state index contributed by atoms with van der Waals surface area (Å²) in [7, 11) is 5.17. The van der Waals surface area contributed by atoms with Crippen LogP contribution in [-0.2, 0) is 16.2 Å². The molecule has 1 saturated heterocycles. The Morgan fingerprint density at radius 2 is 1.74 bits per heavy atom. The number of phenolic OH excluding ortho intramolecular Hbond substituents is 1. The molecular formula is C30H32N2O6. The largest absolute Gasteiger partial charge is 0.507 e. The molecule has 8 nitrogen and oxygen atoms in total. The third kappa shape index (κ3) is 5.50. The second-order valence-corrected chi connectivity index (χ2v) is 9.47. The normalized spacial score (nSPS) is 16.8. The number of hydrogen-bond donors (Lipinski definition) is 2. The predicted molar refractivity (Wildman–Crippen MR) is 144 cm³/mol. The van der Waals surface area contributed by atoms with Crippen LogP contribution in [0.1, 0.15) is 28.3 Å². The first-order valence-corrected chi connectivity index (χ1v) is 12.3. The van der Waals surface area contributed by atoms with Crippen molar-refractivity contribution in [3.8, 4) is 17.2 Å². The fraction of sp³-hybridized carbons (Fsp3) is 0.267. The fourth-order valence-electron chi connectivity index (χ4n) is 4.43. The summed E-state index contributed by atoms with van der Waals surface area (Å²) in [4.78, 5) is 29.6. The van der Waals surface area contributed by atoms with E-state index in [1.807, 2.05) is 50.2 Å². The van der Waals surface area contributed by atoms with Crippen LogP contribution in [0.3, 0.4) is 0 Å². The van der Waals surface area contributed by atoms with Crippen LogP contribution < -0.4 is 9.47 Å². The second-order valence-electron chi connectivity index (χ2n) is 9.47. The number of amides is 1. The molecule has 1 amide bonds. The van der Waals surface area contributed by atoms with Crippen molar-refractivity contribution in [3.63, 3.8) is 0 Å². The van der Waals surface area contributed by atoms with Crippen molar-refractivity contribution in [2.24, 2.45) is 0 Å². The lowest BCUT2D eigenvalue weighted by molar-refractivity contribution is -0.140. The van der Waals surface area contributed by atoms with Gasteiger partial charge in [-0.15, -0.1) is 0 Å². The molecule has 0 aliphatic carbocycles. The van der Waals surface area contributed by atoms with Gasteiger partial charge in [-0.2, -0.15) is 0 Å². The molecule has 1 aliphatic heterocycles. The molecule has 1 aliphatic rings. The van der Waals surface area contributed by atoms with Crippen molar-refractivity contribution in [1.82, 2.24) is 9.80 Å². The van der Waals surface area contributed by atoms with Gasteiger partial charge in [0.2, 0.25) is 0 Å². The number of phenols is 1. The Hall–Kier alpha value is -4.30. The van der Waals surface area contributed by atoms with E-state index >= 15 is 0 Å². The van der Waals surface area contributed by atoms with Crippen molar-refractivity contribution >= 4 is 17.4 Å². The summed E-state index contributed by atoms with van der Waals surface area (Å²) in [6.07, 6.45) is 0. The van der Waals surface area contributed by atoms with E-state index < -0.39 is 17.7 Å². The Morgan fingerprint density at radius 1 is 1.03 bits per heavy atom. The zero-order chi connectivity index (χ0) is 27.4. The number of likely N-dealkylation sites (tertiary alicyclic amines) is 1. The lowest BCUT2D eigenvalue weighted by Gasteiger charge is -2.27. The smallest absolute Gasteiger partial charge is 0.295 e. The number of aliphatic hydroxyl groups is 1. The van der Waals surface area contributed by atoms with Crippen LogP contribution >= 0.6 is 0 Å². The zero-order valence-electron chi connectivity index (χ0n) is 22.0. The maximum Gasteiger partial charge on any atom is 0.295 e. The summed E-state index contributed by atoms with van der Waals surface area (Å²) in [6, 6.07) is 18.5. The third-order valence-electron chi connectivity index (χ3n) is 6.63. The molecule has 1 fully saturated rings. The Labute approximate surface area is 222 Å². The average Bonchev–Trinajstić information content (AvgIpc) is 3.16. The SMILES string of the molecule is COc1cc([C@H]2C(=C(O)c3ccc(OCc4ccccc4C)cc3)C(=O)C(=O)N2CCN(C)C)ccc1O. The van der Waals surface area contributed by atoms with E-state index in [9.17, 15) is 19.8 Å². The molecule has 38 heavy (non-hydrogen) atoms. The van der Waals surface area contributed by atoms with Crippen LogP contribution in [0, 0.1) is 6.92 Å². The van der Waals surface area contributed by atoms with Gasteiger partial charge in [-0.05, 0) is 74.1 Å². The molecule has 0 spiro atoms. The van der Waals surface area contributed by atoms with E-state index in [2.05, 4.69) is 0 Å². The summed E-state index contributed by atoms with van der Waals surface area (Å²) in [6.45, 7) is 3.21. The number of carbonyl (C=O) groups excluding carboxylic acids is 2. The van der Waals surface area contributed by atoms with Crippen LogP contribution in [0.4, 0.5) is 0 Å². The van der Waals surface area contributed by atoms with Crippen LogP contribution in [0.15, 0.2) is 72.3 Å². The number of Topliss-reactive ketones (excluding diaryl/α,β-unsaturated/α-hetero) is 1. The summed E-state index contributed by atoms with van der Waals surface area (Å²) in [5.41, 5.74) is 3.11. The quantitative estimate of drug-likeness (QED) is 0.249. The number of methoxy groups -OCH3 is 1. The number of rotatable bonds is 9. The molecule has 198 valence electrons. The van der Waals surface area contributed by atoms with Crippen LogP contribution in [0.25, 0.3) is 5.76 Å². The van der Waals surface area contributed by atoms with Gasteiger partial charge in [0, 0.05) is 18.7 Å². The van der Waals surface area contributed by atoms with Crippen molar-refractivity contribution in [1.29, 1.82) is 0 Å². The maximum absolute atomic E-state index is 13.2. The molecule has 0 saturated carbocycles. The molecule has 1 heterocycles. The van der Waals surface area contributed by atoms with E-state index in [1.165, 1.54) is 18.1 Å². The summed E-state index contributed by atoms with van der Waals surface area (Å²) >= 11 is 0. The topological polar surface area (TPSA) is 99.5 Å². The highest BCUT2D eigenvalue weighted by Crippen LogP contribution is 2.41. The maximum atomic E-state index is 13.2. The lowest BCUT2D eigenvalue weighted by atomic mass is 9.95. The van der Waals surface area contributed by atoms with E-state index in [4.69, 9.17) is 9.47 Å². The van der Waals surface area contributed by atoms with Crippen molar-refractivity contribution < 1.29 is 29.3 Å². The molecule has 4 rings (SSSR count).